The number of amides is 3. The van der Waals surface area contributed by atoms with Gasteiger partial charge in [0.1, 0.15) is 35.2 Å². The number of aliphatic imine (C=N–C) groups is 1. The zero-order valence-electron chi connectivity index (χ0n) is 19.7. The van der Waals surface area contributed by atoms with Gasteiger partial charge in [0, 0.05) is 36.4 Å². The maximum absolute atomic E-state index is 14.0. The summed E-state index contributed by atoms with van der Waals surface area (Å²) in [6.07, 6.45) is 4.35. The third kappa shape index (κ3) is 2.85. The number of epoxide rings is 1. The lowest BCUT2D eigenvalue weighted by Gasteiger charge is -2.32. The highest BCUT2D eigenvalue weighted by atomic mass is 35.5. The number of pyridine rings is 1. The number of fused-ring (bicyclic) bond motifs is 9. The Morgan fingerprint density at radius 3 is 2.68 bits per heavy atom. The molecule has 11 nitrogen and oxygen atoms in total. The van der Waals surface area contributed by atoms with Crippen molar-refractivity contribution in [1.82, 2.24) is 9.88 Å². The van der Waals surface area contributed by atoms with Crippen LogP contribution in [0.5, 0.6) is 5.88 Å². The minimum Gasteiger partial charge on any atom is -0.478 e. The van der Waals surface area contributed by atoms with Gasteiger partial charge in [0.2, 0.25) is 23.5 Å². The molecule has 190 valence electrons. The first-order valence-electron chi connectivity index (χ1n) is 11.9. The Morgan fingerprint density at radius 1 is 1.16 bits per heavy atom. The summed E-state index contributed by atoms with van der Waals surface area (Å²) in [5, 5.41) is 9.93. The average molecular weight is 533 g/mol. The lowest BCUT2D eigenvalue weighted by Crippen LogP contribution is -2.48. The van der Waals surface area contributed by atoms with E-state index in [-0.39, 0.29) is 41.7 Å². The number of allylic oxidation sites excluding steroid dienone is 4. The average Bonchev–Trinajstić information content (AvgIpc) is 3.56. The number of imide groups is 1. The van der Waals surface area contributed by atoms with Crippen LogP contribution in [0.1, 0.15) is 13.3 Å². The van der Waals surface area contributed by atoms with Gasteiger partial charge in [0.15, 0.2) is 0 Å². The number of likely N-dealkylation sites (tertiary alicyclic amines) is 1. The molecule has 7 rings (SSSR count). The first-order chi connectivity index (χ1) is 18.2. The van der Waals surface area contributed by atoms with Gasteiger partial charge in [-0.2, -0.15) is 5.26 Å². The molecule has 6 aliphatic rings. The lowest BCUT2D eigenvalue weighted by molar-refractivity contribution is -0.158. The molecule has 4 fully saturated rings. The number of dihydropyridines is 1. The Bertz CT molecular complexity index is 1550. The molecular weight excluding hydrogens is 516 g/mol. The van der Waals surface area contributed by atoms with Crippen molar-refractivity contribution in [2.45, 2.75) is 36.8 Å². The van der Waals surface area contributed by atoms with Gasteiger partial charge in [-0.15, -0.1) is 0 Å². The van der Waals surface area contributed by atoms with E-state index in [1.54, 1.807) is 19.1 Å². The van der Waals surface area contributed by atoms with Gasteiger partial charge in [-0.1, -0.05) is 11.6 Å². The number of ether oxygens (including phenoxy) is 3. The van der Waals surface area contributed by atoms with Crippen LogP contribution in [0.25, 0.3) is 0 Å². The fraction of sp³-hybridized carbons (Fsp3) is 0.346. The smallest absolute Gasteiger partial charge is 0.270 e. The van der Waals surface area contributed by atoms with Crippen molar-refractivity contribution in [1.29, 1.82) is 5.26 Å². The quantitative estimate of drug-likeness (QED) is 0.310. The number of ketones is 1. The van der Waals surface area contributed by atoms with Gasteiger partial charge in [-0.25, -0.2) is 14.9 Å². The topological polar surface area (TPSA) is 152 Å². The number of rotatable bonds is 5. The summed E-state index contributed by atoms with van der Waals surface area (Å²) < 4.78 is 18.1. The predicted molar refractivity (Wildman–Crippen MR) is 126 cm³/mol. The summed E-state index contributed by atoms with van der Waals surface area (Å²) >= 11 is 5.88. The Balaban J connectivity index is 1.25. The molecule has 1 aromatic heterocycles. The van der Waals surface area contributed by atoms with Crippen LogP contribution < -0.4 is 4.74 Å². The molecule has 0 saturated carbocycles. The fourth-order valence-electron chi connectivity index (χ4n) is 6.55. The fourth-order valence-corrected chi connectivity index (χ4v) is 6.66. The van der Waals surface area contributed by atoms with Crippen molar-refractivity contribution < 1.29 is 33.4 Å². The van der Waals surface area contributed by atoms with Crippen molar-refractivity contribution in [2.75, 3.05) is 6.61 Å². The van der Waals surface area contributed by atoms with E-state index in [1.807, 2.05) is 6.07 Å². The van der Waals surface area contributed by atoms with E-state index >= 15 is 0 Å². The highest BCUT2D eigenvalue weighted by molar-refractivity contribution is 6.33. The molecule has 38 heavy (non-hydrogen) atoms. The van der Waals surface area contributed by atoms with Gasteiger partial charge in [-0.05, 0) is 19.1 Å². The molecule has 0 N–H and O–H groups in total. The Labute approximate surface area is 220 Å². The third-order valence-corrected chi connectivity index (χ3v) is 8.30. The van der Waals surface area contributed by atoms with Crippen LogP contribution in [0, 0.1) is 23.2 Å². The summed E-state index contributed by atoms with van der Waals surface area (Å²) in [4.78, 5) is 61.8. The Morgan fingerprint density at radius 2 is 1.95 bits per heavy atom. The number of nitriles is 1. The largest absolute Gasteiger partial charge is 0.478 e. The molecule has 4 saturated heterocycles. The minimum atomic E-state index is -1.14. The van der Waals surface area contributed by atoms with Crippen LogP contribution in [0.15, 0.2) is 58.4 Å². The van der Waals surface area contributed by atoms with Gasteiger partial charge < -0.3 is 14.2 Å². The van der Waals surface area contributed by atoms with Crippen molar-refractivity contribution in [2.24, 2.45) is 16.8 Å². The van der Waals surface area contributed by atoms with Crippen LogP contribution in [0.3, 0.4) is 0 Å². The van der Waals surface area contributed by atoms with Crippen molar-refractivity contribution in [3.8, 4) is 11.9 Å². The zero-order valence-corrected chi connectivity index (χ0v) is 20.5. The monoisotopic (exact) mass is 532 g/mol. The first-order valence-corrected chi connectivity index (χ1v) is 12.3. The number of hydrogen-bond acceptors (Lipinski definition) is 9. The Hall–Kier alpha value is -3.98. The standard InChI is InChI=1S/C26H17ClN4O7/c1-25-17-18(26(38-25,22-21(25)37-22)6-7-36-16-5-2-12(27)10-29-16)24(35)31(23(17)34)20-13-3-4-15(33)30-19(13)11(9-28)8-14(20)32/h2-5,8,10,17-18,21-22H,6-7H2,1H3/t17-,18+,21-,22+,25+,26-/m1/s1. The summed E-state index contributed by atoms with van der Waals surface area (Å²) in [5.74, 6) is -3.95. The number of halogens is 1. The molecule has 6 atom stereocenters. The molecule has 1 aliphatic carbocycles. The van der Waals surface area contributed by atoms with Crippen molar-refractivity contribution >= 4 is 40.8 Å². The van der Waals surface area contributed by atoms with Gasteiger partial charge in [0.25, 0.3) is 5.91 Å². The van der Waals surface area contributed by atoms with Crippen LogP contribution in [-0.2, 0) is 28.7 Å². The SMILES string of the molecule is C[C@]12O[C@](CCOc3ccc(Cl)cn3)([C@@H]3C(=O)N(C4=C5C=CC(=O)N=C5C(C#N)=CC4=O)C(=O)[C@@H]31)[C@H]1O[C@H]12. The molecule has 2 bridgehead atoms. The lowest BCUT2D eigenvalue weighted by atomic mass is 9.67. The molecule has 0 radical (unpaired) electrons. The number of carbonyl (C=O) groups excluding carboxylic acids is 4. The predicted octanol–water partition coefficient (Wildman–Crippen LogP) is 1.24. The van der Waals surface area contributed by atoms with Gasteiger partial charge in [0.05, 0.1) is 34.8 Å². The molecule has 1 aromatic rings. The molecule has 0 spiro atoms. The molecule has 0 aromatic carbocycles. The van der Waals surface area contributed by atoms with Gasteiger partial charge >= 0.3 is 0 Å². The van der Waals surface area contributed by atoms with E-state index in [0.29, 0.717) is 10.9 Å². The highest BCUT2D eigenvalue weighted by Crippen LogP contribution is 2.69. The van der Waals surface area contributed by atoms with E-state index in [9.17, 15) is 24.4 Å². The summed E-state index contributed by atoms with van der Waals surface area (Å²) in [6, 6.07) is 5.11. The van der Waals surface area contributed by atoms with Crippen LogP contribution >= 0.6 is 11.6 Å². The second kappa shape index (κ2) is 7.54. The molecule has 0 unspecified atom stereocenters. The Kier molecular flexibility index (Phi) is 4.59. The minimum absolute atomic E-state index is 0.0394. The maximum Gasteiger partial charge on any atom is 0.270 e. The molecular formula is C26H17ClN4O7. The number of nitrogens with zero attached hydrogens (tertiary/aromatic N) is 4. The second-order valence-corrected chi connectivity index (χ2v) is 10.5. The third-order valence-electron chi connectivity index (χ3n) is 8.07. The highest BCUT2D eigenvalue weighted by Gasteiger charge is 2.87. The van der Waals surface area contributed by atoms with E-state index in [4.69, 9.17) is 25.8 Å². The summed E-state index contributed by atoms with van der Waals surface area (Å²) in [5.41, 5.74) is -2.49. The van der Waals surface area contributed by atoms with E-state index in [0.717, 1.165) is 17.1 Å². The number of aromatic nitrogens is 1. The molecule has 12 heteroatoms. The second-order valence-electron chi connectivity index (χ2n) is 10.0. The molecule has 3 amide bonds. The summed E-state index contributed by atoms with van der Waals surface area (Å²) in [7, 11) is 0. The van der Waals surface area contributed by atoms with Crippen LogP contribution in [0.4, 0.5) is 0 Å². The van der Waals surface area contributed by atoms with Crippen LogP contribution in [-0.4, -0.2) is 69.1 Å². The number of carbonyl (C=O) groups is 4. The van der Waals surface area contributed by atoms with Gasteiger partial charge in [-0.3, -0.25) is 19.2 Å². The first kappa shape index (κ1) is 23.2. The van der Waals surface area contributed by atoms with Crippen LogP contribution in [0.2, 0.25) is 5.02 Å². The van der Waals surface area contributed by atoms with E-state index in [2.05, 4.69) is 9.98 Å². The normalized spacial score (nSPS) is 36.1. The number of hydrogen-bond donors (Lipinski definition) is 0. The van der Waals surface area contributed by atoms with E-state index in [1.165, 1.54) is 12.3 Å². The maximum atomic E-state index is 14.0. The van der Waals surface area contributed by atoms with E-state index < -0.39 is 52.6 Å². The summed E-state index contributed by atoms with van der Waals surface area (Å²) in [6.45, 7) is 1.88. The van der Waals surface area contributed by atoms with Crippen molar-refractivity contribution in [3.05, 3.63) is 58.4 Å². The zero-order chi connectivity index (χ0) is 26.6. The molecule has 6 heterocycles. The molecule has 5 aliphatic heterocycles. The van der Waals surface area contributed by atoms with Crippen molar-refractivity contribution in [3.63, 3.8) is 0 Å².